The van der Waals surface area contributed by atoms with Crippen LogP contribution >= 0.6 is 11.3 Å². The third kappa shape index (κ3) is 3.95. The van der Waals surface area contributed by atoms with Gasteiger partial charge in [0.1, 0.15) is 5.52 Å². The minimum Gasteiger partial charge on any atom is -0.350 e. The van der Waals surface area contributed by atoms with Crippen LogP contribution in [0.15, 0.2) is 35.7 Å². The van der Waals surface area contributed by atoms with Crippen molar-refractivity contribution in [2.24, 2.45) is 5.92 Å². The van der Waals surface area contributed by atoms with E-state index in [0.717, 1.165) is 36.6 Å². The average Bonchev–Trinajstić information content (AvgIpc) is 3.38. The fourth-order valence-corrected chi connectivity index (χ4v) is 4.73. The summed E-state index contributed by atoms with van der Waals surface area (Å²) < 4.78 is 1.83. The van der Waals surface area contributed by atoms with E-state index in [1.54, 1.807) is 11.3 Å². The molecule has 1 amide bonds. The summed E-state index contributed by atoms with van der Waals surface area (Å²) in [5, 5.41) is 13.6. The Morgan fingerprint density at radius 3 is 2.86 bits per heavy atom. The monoisotopic (exact) mass is 397 g/mol. The van der Waals surface area contributed by atoms with Crippen LogP contribution in [0.25, 0.3) is 11.0 Å². The van der Waals surface area contributed by atoms with Crippen LogP contribution in [-0.2, 0) is 6.54 Å². The fourth-order valence-electron chi connectivity index (χ4n) is 3.87. The Morgan fingerprint density at radius 2 is 2.14 bits per heavy atom. The largest absolute Gasteiger partial charge is 0.350 e. The van der Waals surface area contributed by atoms with E-state index in [9.17, 15) is 4.79 Å². The van der Waals surface area contributed by atoms with Crippen LogP contribution in [0.4, 0.5) is 0 Å². The highest BCUT2D eigenvalue weighted by Crippen LogP contribution is 2.29. The highest BCUT2D eigenvalue weighted by molar-refractivity contribution is 7.10. The number of aryl methyl sites for hydroxylation is 1. The summed E-state index contributed by atoms with van der Waals surface area (Å²) >= 11 is 1.77. The van der Waals surface area contributed by atoms with E-state index in [0.29, 0.717) is 12.1 Å². The predicted octanol–water partition coefficient (Wildman–Crippen LogP) is 3.72. The molecule has 0 unspecified atom stereocenters. The molecule has 0 aliphatic carbocycles. The van der Waals surface area contributed by atoms with Crippen LogP contribution in [-0.4, -0.2) is 45.4 Å². The zero-order chi connectivity index (χ0) is 19.5. The number of amides is 1. The number of rotatable bonds is 6. The molecule has 3 aromatic rings. The lowest BCUT2D eigenvalue weighted by molar-refractivity contribution is 0.0915. The van der Waals surface area contributed by atoms with Gasteiger partial charge in [-0.1, -0.05) is 18.2 Å². The van der Waals surface area contributed by atoms with E-state index in [1.807, 2.05) is 29.8 Å². The van der Waals surface area contributed by atoms with E-state index in [2.05, 4.69) is 45.0 Å². The Morgan fingerprint density at radius 1 is 1.32 bits per heavy atom. The number of fused-ring (bicyclic) bond motifs is 1. The number of hydrogen-bond acceptors (Lipinski definition) is 5. The first-order valence-electron chi connectivity index (χ1n) is 10.0. The fraction of sp³-hybridized carbons (Fsp3) is 0.476. The number of thiophene rings is 1. The second kappa shape index (κ2) is 8.41. The second-order valence-corrected chi connectivity index (χ2v) is 8.55. The number of nitrogens with one attached hydrogen (secondary N) is 1. The third-order valence-corrected chi connectivity index (χ3v) is 6.64. The van der Waals surface area contributed by atoms with Crippen molar-refractivity contribution in [2.45, 2.75) is 39.3 Å². The minimum atomic E-state index is -0.0557. The van der Waals surface area contributed by atoms with Gasteiger partial charge in [-0.25, -0.2) is 4.68 Å². The maximum absolute atomic E-state index is 12.8. The number of hydrogen-bond donors (Lipinski definition) is 1. The van der Waals surface area contributed by atoms with Gasteiger partial charge in [0.2, 0.25) is 0 Å². The highest BCUT2D eigenvalue weighted by atomic mass is 32.1. The Balaban J connectivity index is 1.46. The summed E-state index contributed by atoms with van der Waals surface area (Å²) in [5.74, 6) is 0.734. The lowest BCUT2D eigenvalue weighted by Gasteiger charge is -2.36. The molecule has 1 N–H and O–H groups in total. The molecule has 1 aromatic carbocycles. The molecule has 1 aliphatic rings. The van der Waals surface area contributed by atoms with Crippen LogP contribution < -0.4 is 5.32 Å². The maximum Gasteiger partial charge on any atom is 0.251 e. The van der Waals surface area contributed by atoms with Crippen molar-refractivity contribution in [3.63, 3.8) is 0 Å². The van der Waals surface area contributed by atoms with Gasteiger partial charge in [-0.05, 0) is 68.4 Å². The zero-order valence-electron chi connectivity index (χ0n) is 16.5. The van der Waals surface area contributed by atoms with E-state index >= 15 is 0 Å². The molecule has 4 rings (SSSR count). The summed E-state index contributed by atoms with van der Waals surface area (Å²) in [6.45, 7) is 7.91. The molecule has 1 aliphatic heterocycles. The normalized spacial score (nSPS) is 17.1. The van der Waals surface area contributed by atoms with Crippen molar-refractivity contribution in [2.75, 3.05) is 19.6 Å². The molecule has 0 radical (unpaired) electrons. The molecule has 148 valence electrons. The number of aromatic nitrogens is 3. The van der Waals surface area contributed by atoms with Crippen molar-refractivity contribution < 1.29 is 4.79 Å². The van der Waals surface area contributed by atoms with Gasteiger partial charge in [-0.2, -0.15) is 0 Å². The van der Waals surface area contributed by atoms with Gasteiger partial charge in [0.15, 0.2) is 0 Å². The molecular formula is C21H27N5OS. The van der Waals surface area contributed by atoms with E-state index in [4.69, 9.17) is 0 Å². The smallest absolute Gasteiger partial charge is 0.251 e. The molecule has 1 fully saturated rings. The summed E-state index contributed by atoms with van der Waals surface area (Å²) in [4.78, 5) is 16.6. The Hall–Kier alpha value is -2.25. The highest BCUT2D eigenvalue weighted by Gasteiger charge is 2.26. The van der Waals surface area contributed by atoms with E-state index in [-0.39, 0.29) is 11.9 Å². The summed E-state index contributed by atoms with van der Waals surface area (Å²) in [5.41, 5.74) is 2.35. The molecule has 1 atom stereocenters. The number of carbonyl (C=O) groups is 1. The first kappa shape index (κ1) is 19.1. The van der Waals surface area contributed by atoms with Gasteiger partial charge in [-0.3, -0.25) is 9.69 Å². The molecule has 3 heterocycles. The quantitative estimate of drug-likeness (QED) is 0.689. The Kier molecular flexibility index (Phi) is 5.73. The van der Waals surface area contributed by atoms with Gasteiger partial charge < -0.3 is 5.32 Å². The number of piperidine rings is 1. The third-order valence-electron chi connectivity index (χ3n) is 5.66. The molecule has 2 aromatic heterocycles. The molecule has 7 heteroatoms. The Bertz CT molecular complexity index is 928. The average molecular weight is 398 g/mol. The number of likely N-dealkylation sites (tertiary alicyclic amines) is 1. The number of benzene rings is 1. The lowest BCUT2D eigenvalue weighted by atomic mass is 9.97. The number of carbonyl (C=O) groups excluding carboxylic acids is 1. The standard InChI is InChI=1S/C21H27N5OS/c1-3-26-18-7-6-16(13-17(18)23-24-26)21(27)22-14-19(20-5-4-12-28-20)25-10-8-15(2)9-11-25/h4-7,12-13,15,19H,3,8-11,14H2,1-2H3,(H,22,27)/t19-/m0/s1. The molecule has 0 spiro atoms. The van der Waals surface area contributed by atoms with Crippen LogP contribution in [0.2, 0.25) is 0 Å². The topological polar surface area (TPSA) is 63.1 Å². The number of nitrogens with zero attached hydrogens (tertiary/aromatic N) is 4. The van der Waals surface area contributed by atoms with Crippen LogP contribution in [0.5, 0.6) is 0 Å². The van der Waals surface area contributed by atoms with Crippen molar-refractivity contribution in [3.8, 4) is 0 Å². The van der Waals surface area contributed by atoms with Gasteiger partial charge in [-0.15, -0.1) is 16.4 Å². The van der Waals surface area contributed by atoms with Gasteiger partial charge in [0.25, 0.3) is 5.91 Å². The maximum atomic E-state index is 12.8. The Labute approximate surface area is 169 Å². The molecule has 1 saturated heterocycles. The van der Waals surface area contributed by atoms with Crippen molar-refractivity contribution in [3.05, 3.63) is 46.2 Å². The van der Waals surface area contributed by atoms with Gasteiger partial charge in [0.05, 0.1) is 11.6 Å². The molecule has 28 heavy (non-hydrogen) atoms. The summed E-state index contributed by atoms with van der Waals surface area (Å²) in [6, 6.07) is 10.1. The first-order valence-corrected chi connectivity index (χ1v) is 10.9. The molecule has 0 bridgehead atoms. The van der Waals surface area contributed by atoms with Crippen LogP contribution in [0.3, 0.4) is 0 Å². The lowest BCUT2D eigenvalue weighted by Crippen LogP contribution is -2.41. The first-order chi connectivity index (χ1) is 13.7. The van der Waals surface area contributed by atoms with Crippen molar-refractivity contribution >= 4 is 28.3 Å². The molecule has 6 nitrogen and oxygen atoms in total. The predicted molar refractivity (Wildman–Crippen MR) is 113 cm³/mol. The molecular weight excluding hydrogens is 370 g/mol. The van der Waals surface area contributed by atoms with E-state index in [1.165, 1.54) is 17.7 Å². The van der Waals surface area contributed by atoms with Gasteiger partial charge in [0, 0.05) is 23.5 Å². The van der Waals surface area contributed by atoms with Crippen molar-refractivity contribution in [1.82, 2.24) is 25.2 Å². The van der Waals surface area contributed by atoms with Crippen LogP contribution in [0.1, 0.15) is 48.0 Å². The SMILES string of the molecule is CCn1nnc2cc(C(=O)NC[C@@H](c3cccs3)N3CCC(C)CC3)ccc21. The second-order valence-electron chi connectivity index (χ2n) is 7.57. The minimum absolute atomic E-state index is 0.0557. The van der Waals surface area contributed by atoms with E-state index < -0.39 is 0 Å². The zero-order valence-corrected chi connectivity index (χ0v) is 17.3. The van der Waals surface area contributed by atoms with Crippen LogP contribution in [0, 0.1) is 5.92 Å². The van der Waals surface area contributed by atoms with Gasteiger partial charge >= 0.3 is 0 Å². The molecule has 0 saturated carbocycles. The summed E-state index contributed by atoms with van der Waals surface area (Å²) in [6.07, 6.45) is 2.44. The summed E-state index contributed by atoms with van der Waals surface area (Å²) in [7, 11) is 0. The van der Waals surface area contributed by atoms with Crippen molar-refractivity contribution in [1.29, 1.82) is 0 Å².